The first-order chi connectivity index (χ1) is 9.08. The predicted molar refractivity (Wildman–Crippen MR) is 69.7 cm³/mol. The van der Waals surface area contributed by atoms with Crippen molar-refractivity contribution in [2.45, 2.75) is 12.5 Å². The van der Waals surface area contributed by atoms with Crippen LogP contribution in [-0.2, 0) is 16.0 Å². The summed E-state index contributed by atoms with van der Waals surface area (Å²) in [6.45, 7) is 0.898. The van der Waals surface area contributed by atoms with Crippen LogP contribution < -0.4 is 15.2 Å². The third kappa shape index (κ3) is 4.76. The van der Waals surface area contributed by atoms with E-state index in [1.807, 2.05) is 0 Å². The highest BCUT2D eigenvalue weighted by atomic mass is 16.5. The Morgan fingerprint density at radius 3 is 2.63 bits per heavy atom. The van der Waals surface area contributed by atoms with Gasteiger partial charge in [-0.05, 0) is 24.1 Å². The second-order valence-corrected chi connectivity index (χ2v) is 3.98. The van der Waals surface area contributed by atoms with Gasteiger partial charge in [0.15, 0.2) is 11.5 Å². The number of hydrogen-bond acceptors (Lipinski definition) is 5. The molecule has 0 aromatic heterocycles. The largest absolute Gasteiger partial charge is 0.493 e. The van der Waals surface area contributed by atoms with Gasteiger partial charge in [0.05, 0.1) is 13.7 Å². The molecule has 19 heavy (non-hydrogen) atoms. The third-order valence-corrected chi connectivity index (χ3v) is 2.55. The van der Waals surface area contributed by atoms with Gasteiger partial charge < -0.3 is 25.1 Å². The molecule has 0 bridgehead atoms. The zero-order chi connectivity index (χ0) is 14.3. The van der Waals surface area contributed by atoms with Crippen molar-refractivity contribution in [2.24, 2.45) is 5.73 Å². The number of carboxylic acid groups (broad SMARTS) is 1. The number of aliphatic carboxylic acids is 1. The highest BCUT2D eigenvalue weighted by molar-refractivity contribution is 5.73. The van der Waals surface area contributed by atoms with E-state index in [1.54, 1.807) is 25.3 Å². The van der Waals surface area contributed by atoms with E-state index in [-0.39, 0.29) is 6.42 Å². The Labute approximate surface area is 112 Å². The first-order valence-corrected chi connectivity index (χ1v) is 5.85. The second-order valence-electron chi connectivity index (χ2n) is 3.98. The fraction of sp³-hybridized carbons (Fsp3) is 0.462. The van der Waals surface area contributed by atoms with E-state index in [0.29, 0.717) is 24.7 Å². The highest BCUT2D eigenvalue weighted by Gasteiger charge is 2.14. The van der Waals surface area contributed by atoms with E-state index in [1.165, 1.54) is 7.11 Å². The minimum atomic E-state index is -1.03. The van der Waals surface area contributed by atoms with Crippen LogP contribution in [0.1, 0.15) is 5.56 Å². The molecule has 0 saturated carbocycles. The van der Waals surface area contributed by atoms with Crippen molar-refractivity contribution in [3.8, 4) is 11.5 Å². The zero-order valence-electron chi connectivity index (χ0n) is 11.1. The highest BCUT2D eigenvalue weighted by Crippen LogP contribution is 2.28. The first kappa shape index (κ1) is 15.3. The van der Waals surface area contributed by atoms with Crippen LogP contribution in [0.2, 0.25) is 0 Å². The Balaban J connectivity index is 2.74. The van der Waals surface area contributed by atoms with Gasteiger partial charge in [0, 0.05) is 7.11 Å². The Bertz CT molecular complexity index is 421. The van der Waals surface area contributed by atoms with Gasteiger partial charge in [-0.3, -0.25) is 4.79 Å². The summed E-state index contributed by atoms with van der Waals surface area (Å²) in [5.41, 5.74) is 6.27. The molecule has 6 nitrogen and oxygen atoms in total. The van der Waals surface area contributed by atoms with Gasteiger partial charge in [-0.2, -0.15) is 0 Å². The minimum Gasteiger partial charge on any atom is -0.493 e. The maximum absolute atomic E-state index is 10.7. The van der Waals surface area contributed by atoms with E-state index in [9.17, 15) is 4.79 Å². The molecule has 0 aliphatic carbocycles. The van der Waals surface area contributed by atoms with Gasteiger partial charge in [-0.25, -0.2) is 0 Å². The van der Waals surface area contributed by atoms with Crippen molar-refractivity contribution >= 4 is 5.97 Å². The fourth-order valence-electron chi connectivity index (χ4n) is 1.53. The Kier molecular flexibility index (Phi) is 6.11. The van der Waals surface area contributed by atoms with Crippen molar-refractivity contribution in [1.82, 2.24) is 0 Å². The van der Waals surface area contributed by atoms with Crippen LogP contribution in [0.4, 0.5) is 0 Å². The third-order valence-electron chi connectivity index (χ3n) is 2.55. The van der Waals surface area contributed by atoms with Crippen molar-refractivity contribution in [3.05, 3.63) is 23.8 Å². The molecule has 3 N–H and O–H groups in total. The summed E-state index contributed by atoms with van der Waals surface area (Å²) in [5, 5.41) is 8.77. The van der Waals surface area contributed by atoms with E-state index < -0.39 is 12.0 Å². The van der Waals surface area contributed by atoms with Gasteiger partial charge in [-0.1, -0.05) is 6.07 Å². The summed E-state index contributed by atoms with van der Waals surface area (Å²) >= 11 is 0. The molecular formula is C13H19NO5. The second kappa shape index (κ2) is 7.60. The molecule has 0 fully saturated rings. The fourth-order valence-corrected chi connectivity index (χ4v) is 1.53. The summed E-state index contributed by atoms with van der Waals surface area (Å²) in [7, 11) is 3.12. The standard InChI is InChI=1S/C13H19NO5/c1-17-5-6-19-11-4-3-9(8-12(11)18-2)7-10(14)13(15)16/h3-4,8,10H,5-7,14H2,1-2H3,(H,15,16)/t10-/m0/s1. The van der Waals surface area contributed by atoms with E-state index >= 15 is 0 Å². The maximum atomic E-state index is 10.7. The van der Waals surface area contributed by atoms with E-state index in [2.05, 4.69) is 0 Å². The molecule has 6 heteroatoms. The van der Waals surface area contributed by atoms with Crippen LogP contribution in [0, 0.1) is 0 Å². The number of carbonyl (C=O) groups is 1. The number of benzene rings is 1. The summed E-state index contributed by atoms with van der Waals surface area (Å²) in [5.74, 6) is 0.109. The monoisotopic (exact) mass is 269 g/mol. The molecule has 0 spiro atoms. The Morgan fingerprint density at radius 1 is 1.32 bits per heavy atom. The van der Waals surface area contributed by atoms with Gasteiger partial charge in [0.1, 0.15) is 12.6 Å². The molecule has 0 aliphatic heterocycles. The number of carboxylic acids is 1. The average Bonchev–Trinajstić information content (AvgIpc) is 2.40. The quantitative estimate of drug-likeness (QED) is 0.674. The van der Waals surface area contributed by atoms with Gasteiger partial charge >= 0.3 is 5.97 Å². The summed E-state index contributed by atoms with van der Waals surface area (Å²) < 4.78 is 15.6. The lowest BCUT2D eigenvalue weighted by Crippen LogP contribution is -2.32. The lowest BCUT2D eigenvalue weighted by atomic mass is 10.1. The smallest absolute Gasteiger partial charge is 0.320 e. The average molecular weight is 269 g/mol. The normalized spacial score (nSPS) is 11.9. The van der Waals surface area contributed by atoms with Gasteiger partial charge in [-0.15, -0.1) is 0 Å². The maximum Gasteiger partial charge on any atom is 0.320 e. The molecule has 0 aliphatic rings. The van der Waals surface area contributed by atoms with Crippen LogP contribution in [0.5, 0.6) is 11.5 Å². The topological polar surface area (TPSA) is 91.0 Å². The molecule has 0 heterocycles. The van der Waals surface area contributed by atoms with E-state index in [0.717, 1.165) is 5.56 Å². The van der Waals surface area contributed by atoms with Crippen molar-refractivity contribution in [1.29, 1.82) is 0 Å². The molecule has 1 rings (SSSR count). The van der Waals surface area contributed by atoms with Crippen molar-refractivity contribution in [2.75, 3.05) is 27.4 Å². The molecule has 0 radical (unpaired) electrons. The van der Waals surface area contributed by atoms with Crippen LogP contribution in [0.25, 0.3) is 0 Å². The van der Waals surface area contributed by atoms with Crippen molar-refractivity contribution in [3.63, 3.8) is 0 Å². The molecule has 1 aromatic carbocycles. The molecule has 0 saturated heterocycles. The van der Waals surface area contributed by atoms with Crippen molar-refractivity contribution < 1.29 is 24.1 Å². The zero-order valence-corrected chi connectivity index (χ0v) is 11.1. The van der Waals surface area contributed by atoms with Crippen LogP contribution in [0.15, 0.2) is 18.2 Å². The minimum absolute atomic E-state index is 0.240. The Hall–Kier alpha value is -1.79. The predicted octanol–water partition coefficient (Wildman–Crippen LogP) is 0.675. The van der Waals surface area contributed by atoms with Gasteiger partial charge in [0.2, 0.25) is 0 Å². The number of rotatable bonds is 8. The molecule has 106 valence electrons. The molecule has 1 aromatic rings. The number of methoxy groups -OCH3 is 2. The SMILES string of the molecule is COCCOc1ccc(C[C@H](N)C(=O)O)cc1OC. The summed E-state index contributed by atoms with van der Waals surface area (Å²) in [6, 6.07) is 4.31. The first-order valence-electron chi connectivity index (χ1n) is 5.85. The molecule has 0 unspecified atom stereocenters. The number of hydrogen-bond donors (Lipinski definition) is 2. The summed E-state index contributed by atoms with van der Waals surface area (Å²) in [6.07, 6.45) is 0.240. The van der Waals surface area contributed by atoms with E-state index in [4.69, 9.17) is 25.1 Å². The van der Waals surface area contributed by atoms with Crippen LogP contribution in [-0.4, -0.2) is 44.6 Å². The Morgan fingerprint density at radius 2 is 2.05 bits per heavy atom. The number of ether oxygens (including phenoxy) is 3. The number of nitrogens with two attached hydrogens (primary N) is 1. The lowest BCUT2D eigenvalue weighted by molar-refractivity contribution is -0.138. The summed E-state index contributed by atoms with van der Waals surface area (Å²) in [4.78, 5) is 10.7. The molecular weight excluding hydrogens is 250 g/mol. The molecule has 0 amide bonds. The molecule has 1 atom stereocenters. The van der Waals surface area contributed by atoms with Crippen LogP contribution >= 0.6 is 0 Å². The lowest BCUT2D eigenvalue weighted by Gasteiger charge is -2.13. The van der Waals surface area contributed by atoms with Crippen LogP contribution in [0.3, 0.4) is 0 Å². The van der Waals surface area contributed by atoms with Gasteiger partial charge in [0.25, 0.3) is 0 Å².